The van der Waals surface area contributed by atoms with E-state index in [1.165, 1.54) is 13.0 Å². The monoisotopic (exact) mass is 287 g/mol. The zero-order valence-corrected chi connectivity index (χ0v) is 10.1. The maximum Gasteiger partial charge on any atom is 0.415 e. The van der Waals surface area contributed by atoms with Gasteiger partial charge >= 0.3 is 6.18 Å². The van der Waals surface area contributed by atoms with Crippen LogP contribution in [0.2, 0.25) is 0 Å². The van der Waals surface area contributed by atoms with Crippen molar-refractivity contribution in [1.29, 1.82) is 0 Å². The normalized spacial score (nSPS) is 16.5. The molecule has 1 rings (SSSR count). The Hall–Kier alpha value is -1.06. The zero-order valence-electron chi connectivity index (χ0n) is 9.31. The Kier molecular flexibility index (Phi) is 4.41. The van der Waals surface area contributed by atoms with Crippen molar-refractivity contribution in [3.05, 3.63) is 18.4 Å². The molecule has 104 valence electrons. The molecule has 0 aliphatic carbocycles. The predicted octanol–water partition coefficient (Wildman–Crippen LogP) is 1.26. The second-order valence-electron chi connectivity index (χ2n) is 3.55. The summed E-state index contributed by atoms with van der Waals surface area (Å²) in [4.78, 5) is 0. The molecule has 0 bridgehead atoms. The summed E-state index contributed by atoms with van der Waals surface area (Å²) in [6.45, 7) is 1.32. The molecule has 1 aromatic heterocycles. The molecular formula is C9H12F3NO4S. The lowest BCUT2D eigenvalue weighted by atomic mass is 10.1. The molecule has 0 aliphatic heterocycles. The standard InChI is InChI=1S/C9H12F3NO4S/c1-2-6(8(14)9(10,11)12)13-18(15,16)7-4-3-5-17-7/h3-6,8,13-14H,2H2,1H3. The van der Waals surface area contributed by atoms with Crippen molar-refractivity contribution < 1.29 is 31.1 Å². The number of alkyl halides is 3. The minimum Gasteiger partial charge on any atom is -0.452 e. The van der Waals surface area contributed by atoms with Crippen LogP contribution in [-0.2, 0) is 10.0 Å². The molecule has 0 radical (unpaired) electrons. The molecule has 1 aromatic rings. The van der Waals surface area contributed by atoms with E-state index in [1.807, 2.05) is 0 Å². The van der Waals surface area contributed by atoms with Crippen molar-refractivity contribution in [2.45, 2.75) is 36.8 Å². The van der Waals surface area contributed by atoms with Gasteiger partial charge in [0.25, 0.3) is 10.0 Å². The molecule has 2 N–H and O–H groups in total. The third-order valence-corrected chi connectivity index (χ3v) is 3.60. The van der Waals surface area contributed by atoms with Gasteiger partial charge in [-0.3, -0.25) is 0 Å². The maximum absolute atomic E-state index is 12.3. The Morgan fingerprint density at radius 2 is 2.11 bits per heavy atom. The minimum absolute atomic E-state index is 0.222. The topological polar surface area (TPSA) is 79.5 Å². The van der Waals surface area contributed by atoms with E-state index in [0.29, 0.717) is 0 Å². The van der Waals surface area contributed by atoms with E-state index in [0.717, 1.165) is 12.3 Å². The van der Waals surface area contributed by atoms with Crippen LogP contribution in [-0.4, -0.2) is 31.8 Å². The van der Waals surface area contributed by atoms with Crippen LogP contribution in [0.5, 0.6) is 0 Å². The van der Waals surface area contributed by atoms with Crippen molar-refractivity contribution in [3.63, 3.8) is 0 Å². The fraction of sp³-hybridized carbons (Fsp3) is 0.556. The molecule has 0 aromatic carbocycles. The van der Waals surface area contributed by atoms with Gasteiger partial charge in [0, 0.05) is 0 Å². The Labute approximate surface area is 102 Å². The van der Waals surface area contributed by atoms with E-state index >= 15 is 0 Å². The second-order valence-corrected chi connectivity index (χ2v) is 5.20. The number of nitrogens with one attached hydrogen (secondary N) is 1. The first kappa shape index (κ1) is 15.0. The average Bonchev–Trinajstić information content (AvgIpc) is 2.77. The van der Waals surface area contributed by atoms with Crippen molar-refractivity contribution >= 4 is 10.0 Å². The van der Waals surface area contributed by atoms with Crippen LogP contribution >= 0.6 is 0 Å². The summed E-state index contributed by atoms with van der Waals surface area (Å²) >= 11 is 0. The summed E-state index contributed by atoms with van der Waals surface area (Å²) in [6.07, 6.45) is -6.81. The van der Waals surface area contributed by atoms with Gasteiger partial charge in [-0.25, -0.2) is 13.1 Å². The molecule has 0 saturated carbocycles. The highest BCUT2D eigenvalue weighted by Crippen LogP contribution is 2.24. The van der Waals surface area contributed by atoms with E-state index in [1.54, 1.807) is 4.72 Å². The second kappa shape index (κ2) is 5.29. The highest BCUT2D eigenvalue weighted by molar-refractivity contribution is 7.89. The number of halogens is 3. The predicted molar refractivity (Wildman–Crippen MR) is 55.2 cm³/mol. The van der Waals surface area contributed by atoms with Gasteiger partial charge in [-0.1, -0.05) is 6.92 Å². The fourth-order valence-electron chi connectivity index (χ4n) is 1.27. The molecular weight excluding hydrogens is 275 g/mol. The first-order valence-corrected chi connectivity index (χ1v) is 6.47. The van der Waals surface area contributed by atoms with E-state index in [-0.39, 0.29) is 6.42 Å². The molecule has 1 heterocycles. The molecule has 2 unspecified atom stereocenters. The first-order valence-electron chi connectivity index (χ1n) is 4.99. The van der Waals surface area contributed by atoms with Gasteiger partial charge in [0.15, 0.2) is 6.10 Å². The zero-order chi connectivity index (χ0) is 14.0. The molecule has 0 spiro atoms. The van der Waals surface area contributed by atoms with E-state index in [4.69, 9.17) is 5.11 Å². The van der Waals surface area contributed by atoms with Crippen molar-refractivity contribution in [3.8, 4) is 0 Å². The Morgan fingerprint density at radius 3 is 2.50 bits per heavy atom. The number of aliphatic hydroxyl groups excluding tert-OH is 1. The van der Waals surface area contributed by atoms with Gasteiger partial charge < -0.3 is 9.52 Å². The number of furan rings is 1. The van der Waals surface area contributed by atoms with Crippen LogP contribution in [0.25, 0.3) is 0 Å². The molecule has 0 fully saturated rings. The molecule has 18 heavy (non-hydrogen) atoms. The van der Waals surface area contributed by atoms with Gasteiger partial charge in [0.2, 0.25) is 5.09 Å². The van der Waals surface area contributed by atoms with Crippen LogP contribution in [0.15, 0.2) is 27.9 Å². The molecule has 9 heteroatoms. The Morgan fingerprint density at radius 1 is 1.50 bits per heavy atom. The van der Waals surface area contributed by atoms with Gasteiger partial charge in [0.05, 0.1) is 12.3 Å². The van der Waals surface area contributed by atoms with Crippen LogP contribution in [0.4, 0.5) is 13.2 Å². The smallest absolute Gasteiger partial charge is 0.415 e. The lowest BCUT2D eigenvalue weighted by Crippen LogP contribution is -2.49. The molecule has 2 atom stereocenters. The maximum atomic E-state index is 12.3. The van der Waals surface area contributed by atoms with Gasteiger partial charge in [-0.05, 0) is 18.6 Å². The van der Waals surface area contributed by atoms with Crippen molar-refractivity contribution in [2.24, 2.45) is 0 Å². The SMILES string of the molecule is CCC(NS(=O)(=O)c1ccco1)C(O)C(F)(F)F. The number of hydrogen-bond donors (Lipinski definition) is 2. The summed E-state index contributed by atoms with van der Waals surface area (Å²) in [6, 6.07) is 0.713. The number of hydrogen-bond acceptors (Lipinski definition) is 4. The van der Waals surface area contributed by atoms with Crippen LogP contribution in [0.3, 0.4) is 0 Å². The van der Waals surface area contributed by atoms with Crippen LogP contribution < -0.4 is 4.72 Å². The van der Waals surface area contributed by atoms with Gasteiger partial charge in [-0.2, -0.15) is 13.2 Å². The van der Waals surface area contributed by atoms with E-state index in [2.05, 4.69) is 4.42 Å². The van der Waals surface area contributed by atoms with E-state index in [9.17, 15) is 21.6 Å². The minimum atomic E-state index is -4.90. The number of sulfonamides is 1. The largest absolute Gasteiger partial charge is 0.452 e. The molecule has 0 amide bonds. The lowest BCUT2D eigenvalue weighted by Gasteiger charge is -2.24. The summed E-state index contributed by atoms with van der Waals surface area (Å²) in [5.41, 5.74) is 0. The third kappa shape index (κ3) is 3.47. The summed E-state index contributed by atoms with van der Waals surface area (Å²) < 4.78 is 66.5. The summed E-state index contributed by atoms with van der Waals surface area (Å²) in [5, 5.41) is 8.52. The number of aliphatic hydroxyl groups is 1. The van der Waals surface area contributed by atoms with Crippen LogP contribution in [0, 0.1) is 0 Å². The highest BCUT2D eigenvalue weighted by atomic mass is 32.2. The highest BCUT2D eigenvalue weighted by Gasteiger charge is 2.44. The molecule has 0 aliphatic rings. The van der Waals surface area contributed by atoms with Gasteiger partial charge in [-0.15, -0.1) is 0 Å². The van der Waals surface area contributed by atoms with Crippen molar-refractivity contribution in [1.82, 2.24) is 4.72 Å². The van der Waals surface area contributed by atoms with E-state index < -0.39 is 33.4 Å². The van der Waals surface area contributed by atoms with Gasteiger partial charge in [0.1, 0.15) is 0 Å². The van der Waals surface area contributed by atoms with Crippen LogP contribution in [0.1, 0.15) is 13.3 Å². The number of rotatable bonds is 5. The summed E-state index contributed by atoms with van der Waals surface area (Å²) in [5.74, 6) is 0. The molecule has 5 nitrogen and oxygen atoms in total. The first-order chi connectivity index (χ1) is 8.18. The average molecular weight is 287 g/mol. The lowest BCUT2D eigenvalue weighted by molar-refractivity contribution is -0.210. The van der Waals surface area contributed by atoms with Crippen molar-refractivity contribution in [2.75, 3.05) is 0 Å². The summed E-state index contributed by atoms with van der Waals surface area (Å²) in [7, 11) is -4.21. The Bertz CT molecular complexity index is 469. The third-order valence-electron chi connectivity index (χ3n) is 2.22. The fourth-order valence-corrected chi connectivity index (χ4v) is 2.52. The molecule has 0 saturated heterocycles. The Balaban J connectivity index is 2.88. The quantitative estimate of drug-likeness (QED) is 0.854.